The third-order valence-corrected chi connectivity index (χ3v) is 2.20. The number of carboxylic acid groups (broad SMARTS) is 2. The highest BCUT2D eigenvalue weighted by molar-refractivity contribution is 5.97. The summed E-state index contributed by atoms with van der Waals surface area (Å²) in [7, 11) is 0. The molecule has 0 rings (SSSR count). The van der Waals surface area contributed by atoms with E-state index in [9.17, 15) is 14.4 Å². The highest BCUT2D eigenvalue weighted by Gasteiger charge is 2.42. The molecule has 0 radical (unpaired) electrons. The Bertz CT molecular complexity index is 332. The smallest absolute Gasteiger partial charge is 0.332 e. The number of esters is 1. The Hall–Kier alpha value is -1.85. The second-order valence-electron chi connectivity index (χ2n) is 3.40. The minimum atomic E-state index is -1.85. The molecule has 90 valence electrons. The predicted octanol–water partition coefficient (Wildman–Crippen LogP) is 0.671. The van der Waals surface area contributed by atoms with Crippen LogP contribution in [0.5, 0.6) is 0 Å². The maximum absolute atomic E-state index is 11.2. The zero-order chi connectivity index (χ0) is 12.9. The Kier molecular flexibility index (Phi) is 4.68. The Morgan fingerprint density at radius 1 is 1.31 bits per heavy atom. The van der Waals surface area contributed by atoms with E-state index in [2.05, 4.69) is 11.3 Å². The molecule has 0 aliphatic rings. The van der Waals surface area contributed by atoms with Crippen molar-refractivity contribution in [3.05, 3.63) is 12.2 Å². The number of hydrogen-bond acceptors (Lipinski definition) is 4. The van der Waals surface area contributed by atoms with Crippen LogP contribution < -0.4 is 0 Å². The number of carboxylic acids is 2. The van der Waals surface area contributed by atoms with Gasteiger partial charge in [-0.25, -0.2) is 4.79 Å². The predicted molar refractivity (Wildman–Crippen MR) is 53.8 cm³/mol. The number of aliphatic carboxylic acids is 2. The van der Waals surface area contributed by atoms with Gasteiger partial charge in [-0.1, -0.05) is 6.58 Å². The van der Waals surface area contributed by atoms with Crippen LogP contribution in [-0.4, -0.2) is 34.7 Å². The lowest BCUT2D eigenvalue weighted by molar-refractivity contribution is -0.156. The van der Waals surface area contributed by atoms with Gasteiger partial charge in [-0.3, -0.25) is 9.59 Å². The van der Waals surface area contributed by atoms with Crippen molar-refractivity contribution in [1.29, 1.82) is 0 Å². The molecule has 0 saturated carbocycles. The quantitative estimate of drug-likeness (QED) is 0.513. The number of ether oxygens (including phenoxy) is 1. The van der Waals surface area contributed by atoms with Crippen molar-refractivity contribution in [3.63, 3.8) is 0 Å². The highest BCUT2D eigenvalue weighted by Crippen LogP contribution is 2.31. The number of rotatable bonds is 6. The topological polar surface area (TPSA) is 101 Å². The van der Waals surface area contributed by atoms with Crippen LogP contribution >= 0.6 is 0 Å². The van der Waals surface area contributed by atoms with E-state index in [4.69, 9.17) is 10.2 Å². The van der Waals surface area contributed by atoms with Gasteiger partial charge in [0.25, 0.3) is 0 Å². The van der Waals surface area contributed by atoms with Crippen molar-refractivity contribution < 1.29 is 29.3 Å². The zero-order valence-corrected chi connectivity index (χ0v) is 9.15. The number of hydrogen-bond donors (Lipinski definition) is 2. The first-order valence-electron chi connectivity index (χ1n) is 4.57. The van der Waals surface area contributed by atoms with E-state index >= 15 is 0 Å². The van der Waals surface area contributed by atoms with Crippen LogP contribution in [0.3, 0.4) is 0 Å². The van der Waals surface area contributed by atoms with Gasteiger partial charge >= 0.3 is 17.9 Å². The molecule has 0 aromatic heterocycles. The largest absolute Gasteiger partial charge is 0.481 e. The molecule has 0 fully saturated rings. The van der Waals surface area contributed by atoms with Gasteiger partial charge < -0.3 is 14.9 Å². The highest BCUT2D eigenvalue weighted by atomic mass is 16.5. The van der Waals surface area contributed by atoms with E-state index < -0.39 is 35.3 Å². The average molecular weight is 230 g/mol. The lowest BCUT2D eigenvalue weighted by Crippen LogP contribution is -2.35. The molecule has 0 bridgehead atoms. The Morgan fingerprint density at radius 2 is 1.81 bits per heavy atom. The molecule has 0 spiro atoms. The molecule has 6 heteroatoms. The first-order chi connectivity index (χ1) is 7.25. The Labute approximate surface area is 92.5 Å². The molecule has 16 heavy (non-hydrogen) atoms. The molecule has 0 saturated heterocycles. The van der Waals surface area contributed by atoms with Gasteiger partial charge in [-0.05, 0) is 13.8 Å². The average Bonchev–Trinajstić information content (AvgIpc) is 2.16. The van der Waals surface area contributed by atoms with E-state index in [1.807, 2.05) is 0 Å². The molecular weight excluding hydrogens is 216 g/mol. The fourth-order valence-electron chi connectivity index (χ4n) is 1.05. The molecule has 6 nitrogen and oxygen atoms in total. The van der Waals surface area contributed by atoms with Crippen LogP contribution in [0.4, 0.5) is 0 Å². The number of carbonyl (C=O) groups excluding carboxylic acids is 1. The minimum absolute atomic E-state index is 0.105. The second-order valence-corrected chi connectivity index (χ2v) is 3.40. The maximum atomic E-state index is 11.2. The Balaban J connectivity index is 4.99. The first kappa shape index (κ1) is 14.2. The first-order valence-corrected chi connectivity index (χ1v) is 4.57. The molecule has 0 aromatic rings. The van der Waals surface area contributed by atoms with Crippen molar-refractivity contribution in [2.75, 3.05) is 6.61 Å². The van der Waals surface area contributed by atoms with Crippen LogP contribution in [0.2, 0.25) is 0 Å². The van der Waals surface area contributed by atoms with Gasteiger partial charge in [0.1, 0.15) is 5.41 Å². The molecule has 0 aromatic carbocycles. The van der Waals surface area contributed by atoms with Gasteiger partial charge in [-0.2, -0.15) is 0 Å². The van der Waals surface area contributed by atoms with Gasteiger partial charge in [0.15, 0.2) is 0 Å². The third kappa shape index (κ3) is 3.08. The summed E-state index contributed by atoms with van der Waals surface area (Å²) >= 11 is 0. The minimum Gasteiger partial charge on any atom is -0.481 e. The van der Waals surface area contributed by atoms with Crippen molar-refractivity contribution >= 4 is 17.9 Å². The SMILES string of the molecule is C=C(C(=O)O)C(C)(CC(=O)OCC)C(=O)O. The van der Waals surface area contributed by atoms with Crippen molar-refractivity contribution in [2.45, 2.75) is 20.3 Å². The molecule has 0 aliphatic heterocycles. The van der Waals surface area contributed by atoms with Gasteiger partial charge in [-0.15, -0.1) is 0 Å². The van der Waals surface area contributed by atoms with Crippen LogP contribution in [0.15, 0.2) is 12.2 Å². The van der Waals surface area contributed by atoms with Crippen molar-refractivity contribution in [3.8, 4) is 0 Å². The summed E-state index contributed by atoms with van der Waals surface area (Å²) < 4.78 is 4.58. The molecule has 2 N–H and O–H groups in total. The monoisotopic (exact) mass is 230 g/mol. The second kappa shape index (κ2) is 5.29. The summed E-state index contributed by atoms with van der Waals surface area (Å²) in [6.07, 6.45) is -0.554. The van der Waals surface area contributed by atoms with Gasteiger partial charge in [0, 0.05) is 5.57 Å². The fraction of sp³-hybridized carbons (Fsp3) is 0.500. The van der Waals surface area contributed by atoms with E-state index in [1.165, 1.54) is 0 Å². The van der Waals surface area contributed by atoms with Crippen LogP contribution in [0, 0.1) is 5.41 Å². The molecule has 0 heterocycles. The van der Waals surface area contributed by atoms with Crippen LogP contribution in [0.25, 0.3) is 0 Å². The molecule has 0 amide bonds. The molecule has 1 atom stereocenters. The lowest BCUT2D eigenvalue weighted by Gasteiger charge is -2.23. The lowest BCUT2D eigenvalue weighted by atomic mass is 9.80. The zero-order valence-electron chi connectivity index (χ0n) is 9.15. The van der Waals surface area contributed by atoms with E-state index in [-0.39, 0.29) is 6.61 Å². The van der Waals surface area contributed by atoms with E-state index in [0.717, 1.165) is 6.92 Å². The summed E-state index contributed by atoms with van der Waals surface area (Å²) in [5.41, 5.74) is -2.40. The Morgan fingerprint density at radius 3 is 2.12 bits per heavy atom. The van der Waals surface area contributed by atoms with E-state index in [0.29, 0.717) is 0 Å². The number of carbonyl (C=O) groups is 3. The summed E-state index contributed by atoms with van der Waals surface area (Å²) in [5, 5.41) is 17.6. The molecule has 0 aliphatic carbocycles. The van der Waals surface area contributed by atoms with Crippen molar-refractivity contribution in [1.82, 2.24) is 0 Å². The summed E-state index contributed by atoms with van der Waals surface area (Å²) in [6.45, 7) is 5.98. The fourth-order valence-corrected chi connectivity index (χ4v) is 1.05. The summed E-state index contributed by atoms with van der Waals surface area (Å²) in [5.74, 6) is -3.64. The normalized spacial score (nSPS) is 13.6. The van der Waals surface area contributed by atoms with Crippen LogP contribution in [0.1, 0.15) is 20.3 Å². The molecule has 1 unspecified atom stereocenters. The van der Waals surface area contributed by atoms with Crippen molar-refractivity contribution in [2.24, 2.45) is 5.41 Å². The molecular formula is C10H14O6. The van der Waals surface area contributed by atoms with E-state index in [1.54, 1.807) is 6.92 Å². The standard InChI is InChI=1S/C10H14O6/c1-4-16-7(11)5-10(3,9(14)15)6(2)8(12)13/h2,4-5H2,1,3H3,(H,12,13)(H,14,15). The third-order valence-electron chi connectivity index (χ3n) is 2.20. The van der Waals surface area contributed by atoms with Gasteiger partial charge in [0.05, 0.1) is 13.0 Å². The van der Waals surface area contributed by atoms with Gasteiger partial charge in [0.2, 0.25) is 0 Å². The maximum Gasteiger partial charge on any atom is 0.332 e. The summed E-state index contributed by atoms with van der Waals surface area (Å²) in [4.78, 5) is 32.8. The van der Waals surface area contributed by atoms with Crippen LogP contribution in [-0.2, 0) is 19.1 Å². The summed E-state index contributed by atoms with van der Waals surface area (Å²) in [6, 6.07) is 0.